The van der Waals surface area contributed by atoms with Crippen LogP contribution in [0, 0.1) is 5.92 Å². The summed E-state index contributed by atoms with van der Waals surface area (Å²) in [5.41, 5.74) is 3.26. The van der Waals surface area contributed by atoms with Crippen LogP contribution in [0.1, 0.15) is 44.7 Å². The first-order chi connectivity index (χ1) is 58.5. The molecule has 8 unspecified atom stereocenters. The fourth-order valence-electron chi connectivity index (χ4n) is 16.1. The number of aliphatic hydroxyl groups is 21. The average molecular weight is 1770 g/mol. The zero-order valence-corrected chi connectivity index (χ0v) is 66.0. The van der Waals surface area contributed by atoms with Crippen molar-refractivity contribution < 1.29 is 222 Å². The highest BCUT2D eigenvalue weighted by Crippen LogP contribution is 2.46. The van der Waals surface area contributed by atoms with E-state index in [9.17, 15) is 141 Å². The number of hydrogen-bond acceptors (Lipinski definition) is 44. The Hall–Kier alpha value is -6.42. The van der Waals surface area contributed by atoms with Crippen molar-refractivity contribution in [2.45, 2.75) is 279 Å². The normalized spacial score (nSPS) is 42.3. The van der Waals surface area contributed by atoms with E-state index in [1.165, 1.54) is 0 Å². The number of aliphatic hydroxyl groups excluding tert-OH is 21. The molecule has 0 bridgehead atoms. The Bertz CT molecular complexity index is 3770. The maximum absolute atomic E-state index is 13.7. The van der Waals surface area contributed by atoms with Crippen LogP contribution in [0.15, 0.2) is 48.5 Å². The minimum Gasteiger partial charge on any atom is -0.480 e. The van der Waals surface area contributed by atoms with Crippen molar-refractivity contribution in [2.75, 3.05) is 59.5 Å². The third-order valence-electron chi connectivity index (χ3n) is 22.3. The molecule has 0 saturated carbocycles. The monoisotopic (exact) mass is 1770 g/mol. The number of hydrogen-bond donors (Lipinski definition) is 27. The smallest absolute Gasteiger partial charge is 0.407 e. The van der Waals surface area contributed by atoms with Crippen LogP contribution in [0.5, 0.6) is 0 Å². The lowest BCUT2D eigenvalue weighted by Crippen LogP contribution is -2.71. The fourth-order valence-corrected chi connectivity index (χ4v) is 16.1. The van der Waals surface area contributed by atoms with Crippen LogP contribution in [0.25, 0.3) is 11.1 Å². The van der Waals surface area contributed by atoms with Gasteiger partial charge in [0.1, 0.15) is 183 Å². The number of fused-ring (bicyclic) bond motifs is 3. The Morgan fingerprint density at radius 1 is 0.341 bits per heavy atom. The Kier molecular flexibility index (Phi) is 33.7. The van der Waals surface area contributed by atoms with Gasteiger partial charge >= 0.3 is 12.1 Å². The first-order valence-corrected chi connectivity index (χ1v) is 39.2. The summed E-state index contributed by atoms with van der Waals surface area (Å²) >= 11 is 0. The van der Waals surface area contributed by atoms with Crippen molar-refractivity contribution in [1.29, 1.82) is 0 Å². The lowest BCUT2D eigenvalue weighted by atomic mass is 9.92. The molecule has 2 aromatic rings. The fraction of sp³-hybridized carbons (Fsp3) is 0.753. The Morgan fingerprint density at radius 3 is 1.14 bits per heavy atom. The predicted molar refractivity (Wildman–Crippen MR) is 389 cm³/mol. The number of alkyl carbamates (subject to hydrolysis) is 1. The van der Waals surface area contributed by atoms with Crippen LogP contribution >= 0.6 is 0 Å². The molecule has 27 N–H and O–H groups in total. The summed E-state index contributed by atoms with van der Waals surface area (Å²) in [6, 6.07) is 6.43. The van der Waals surface area contributed by atoms with Gasteiger partial charge in [-0.1, -0.05) is 48.5 Å². The molecule has 50 heteroatoms. The van der Waals surface area contributed by atoms with E-state index in [2.05, 4.69) is 26.6 Å². The summed E-state index contributed by atoms with van der Waals surface area (Å²) in [5.74, 6) is -7.91. The van der Waals surface area contributed by atoms with E-state index in [1.54, 1.807) is 12.1 Å². The summed E-state index contributed by atoms with van der Waals surface area (Å²) in [5, 5.41) is 257. The van der Waals surface area contributed by atoms with Crippen molar-refractivity contribution in [2.24, 2.45) is 5.92 Å². The van der Waals surface area contributed by atoms with Gasteiger partial charge in [0, 0.05) is 33.6 Å². The first-order valence-electron chi connectivity index (χ1n) is 39.2. The molecule has 8 fully saturated rings. The molecule has 0 radical (unpaired) electrons. The molecule has 8 saturated heterocycles. The summed E-state index contributed by atoms with van der Waals surface area (Å²) < 4.78 is 101. The molecule has 50 nitrogen and oxygen atoms in total. The first kappa shape index (κ1) is 97.2. The second-order valence-corrected chi connectivity index (χ2v) is 30.7. The zero-order valence-electron chi connectivity index (χ0n) is 66.0. The number of carbonyl (C=O) groups excluding carboxylic acids is 5. The number of benzene rings is 2. The molecule has 2 aromatic carbocycles. The number of rotatable bonds is 32. The van der Waals surface area contributed by atoms with E-state index >= 15 is 0 Å². The summed E-state index contributed by atoms with van der Waals surface area (Å²) in [6.07, 6.45) is -76.8. The molecule has 0 aromatic heterocycles. The van der Waals surface area contributed by atoms with Crippen LogP contribution in [0.4, 0.5) is 4.79 Å². The molecule has 123 heavy (non-hydrogen) atoms. The van der Waals surface area contributed by atoms with Gasteiger partial charge in [-0.3, -0.25) is 19.2 Å². The van der Waals surface area contributed by atoms with Gasteiger partial charge in [-0.15, -0.1) is 0 Å². The Morgan fingerprint density at radius 2 is 0.707 bits per heavy atom. The standard InChI is InChI=1S/C73H107N5O45/c1-22(86)74-39-46(94)57(116-69-51(99)49(97)43(91)34(15-81)110-69)37(18-84)113-66(39)120-61-45(93)36(17-83)111-70(55(61)103)117-58-38(19-85)114-67(40(47(58)95)75-23(2)87)123-72-53(101)59(41(76-24(3)88)65(122-72)107-21-32(63(104)105)78-73(106)108-20-31-28-11-7-5-9-26(28)27-10-6-8-12-29(27)31)118-71-54(102)60(44(92)35(16-82)112-71)119-64-30(13-79)56(52(100)62(121-64)77-25(4)89)115-68-50(98)48(96)42(90)33(14-80)109-68/h5-12,30-62,64-72,79-85,90-103H,13-21H2,1-4H3,(H,74,86)(H,75,87)(H,76,88)(H,77,89)(H,78,106)(H,104,105)/t30-,32?,33+,34+,35-,36+,37+,38+,39+,40+,41-,42-,43-,44+,45-,46+,47+,48-,49-,50+,51+,52+,53-,54-,55+,56-,57+,58?,59-,60+,61?,62+,64?,65+,66-,67-,68?,69?,70-,71?,72?/m0/s1. The van der Waals surface area contributed by atoms with Crippen molar-refractivity contribution in [3.63, 3.8) is 0 Å². The maximum atomic E-state index is 13.7. The maximum Gasteiger partial charge on any atom is 0.407 e. The van der Waals surface area contributed by atoms with Crippen LogP contribution in [-0.2, 0) is 104 Å². The molecule has 11 rings (SSSR count). The molecule has 1 aliphatic carbocycles. The average Bonchev–Trinajstić information content (AvgIpc) is 1.75. The number of amides is 5. The van der Waals surface area contributed by atoms with Crippen LogP contribution in [0.2, 0.25) is 0 Å². The molecule has 8 aliphatic heterocycles. The number of carboxylic acid groups (broad SMARTS) is 1. The molecule has 8 heterocycles. The highest BCUT2D eigenvalue weighted by molar-refractivity contribution is 5.81. The van der Waals surface area contributed by atoms with E-state index < -0.39 is 346 Å². The predicted octanol–water partition coefficient (Wildman–Crippen LogP) is -14.7. The number of ether oxygens (including phenoxy) is 17. The summed E-state index contributed by atoms with van der Waals surface area (Å²) in [4.78, 5) is 79.1. The number of carboxylic acids is 1. The SMILES string of the molecule is CC(=O)N[C@@H]1[C@H](OCC(NC(=O)OCC2c3ccccc3-c3ccccc32)C(=O)O)OC(O[C@@H]2O[C@H](CO)C(O[C@@H]3O[C@H](CO)[C@H](O)C(O[C@@H]4O[C@H](CO)[C@@H](OC5O[C@H](CO)[C@H](O)[C@H](O)[C@H]5O)[C@H](O)[C@H]4NC(C)=O)[C@H]3O)[C@H](O)[C@H]2NC(C)=O)[C@@H](O)[C@H]1OC1O[C@@H](CO)[C@@H](O)[C@@H](OC2O[C@@H](NC(C)=O)[C@H](O)[C@@H](OC3O[C@H](CO)[C@H](O)[C@H](O)[C@H]3O)[C@@H]2CO)[C@@H]1O. The van der Waals surface area contributed by atoms with Gasteiger partial charge in [0.2, 0.25) is 23.6 Å². The van der Waals surface area contributed by atoms with E-state index in [1.807, 2.05) is 36.4 Å². The highest BCUT2D eigenvalue weighted by Gasteiger charge is 2.61. The van der Waals surface area contributed by atoms with Crippen LogP contribution in [0.3, 0.4) is 0 Å². The minimum absolute atomic E-state index is 0.326. The van der Waals surface area contributed by atoms with Gasteiger partial charge < -0.3 is 219 Å². The zero-order chi connectivity index (χ0) is 89.6. The second kappa shape index (κ2) is 42.7. The molecule has 0 spiro atoms. The van der Waals surface area contributed by atoms with E-state index in [0.29, 0.717) is 0 Å². The van der Waals surface area contributed by atoms with Gasteiger partial charge in [0.05, 0.1) is 58.8 Å². The van der Waals surface area contributed by atoms with Gasteiger partial charge in [-0.25, -0.2) is 9.59 Å². The van der Waals surface area contributed by atoms with E-state index in [-0.39, 0.29) is 6.61 Å². The van der Waals surface area contributed by atoms with Crippen LogP contribution in [-0.4, -0.2) is 453 Å². The van der Waals surface area contributed by atoms with Crippen LogP contribution < -0.4 is 26.6 Å². The quantitative estimate of drug-likeness (QED) is 0.0323. The molecule has 5 amide bonds. The third kappa shape index (κ3) is 21.5. The molecule has 9 aliphatic rings. The van der Waals surface area contributed by atoms with E-state index in [0.717, 1.165) is 49.9 Å². The van der Waals surface area contributed by atoms with Gasteiger partial charge in [-0.05, 0) is 22.3 Å². The van der Waals surface area contributed by atoms with Crippen molar-refractivity contribution in [1.82, 2.24) is 26.6 Å². The Balaban J connectivity index is 0.872. The van der Waals surface area contributed by atoms with Crippen molar-refractivity contribution >= 4 is 35.7 Å². The lowest BCUT2D eigenvalue weighted by molar-refractivity contribution is -0.406. The highest BCUT2D eigenvalue weighted by atomic mass is 16.8. The summed E-state index contributed by atoms with van der Waals surface area (Å²) in [7, 11) is 0. The van der Waals surface area contributed by atoms with Gasteiger partial charge in [0.25, 0.3) is 0 Å². The summed E-state index contributed by atoms with van der Waals surface area (Å²) in [6.45, 7) is -5.43. The van der Waals surface area contributed by atoms with Gasteiger partial charge in [0.15, 0.2) is 68.9 Å². The number of carbonyl (C=O) groups is 6. The lowest BCUT2D eigenvalue weighted by Gasteiger charge is -2.51. The largest absolute Gasteiger partial charge is 0.480 e. The second-order valence-electron chi connectivity index (χ2n) is 30.7. The van der Waals surface area contributed by atoms with Gasteiger partial charge in [-0.2, -0.15) is 0 Å². The van der Waals surface area contributed by atoms with Crippen molar-refractivity contribution in [3.05, 3.63) is 59.7 Å². The Labute approximate surface area is 697 Å². The molecule has 41 atom stereocenters. The third-order valence-corrected chi connectivity index (χ3v) is 22.3. The van der Waals surface area contributed by atoms with E-state index in [4.69, 9.17) is 80.5 Å². The minimum atomic E-state index is -2.54. The molecular formula is C73H107N5O45. The molecular weight excluding hydrogens is 1670 g/mol. The number of aliphatic carboxylic acids is 1. The topological polar surface area (TPSA) is 765 Å². The van der Waals surface area contributed by atoms with Crippen molar-refractivity contribution in [3.8, 4) is 11.1 Å². The molecule has 694 valence electrons. The number of nitrogens with one attached hydrogen (secondary N) is 5.